The second kappa shape index (κ2) is 9.80. The summed E-state index contributed by atoms with van der Waals surface area (Å²) in [6.45, 7) is 1.32. The van der Waals surface area contributed by atoms with Crippen molar-refractivity contribution in [2.75, 3.05) is 13.1 Å². The van der Waals surface area contributed by atoms with E-state index in [0.29, 0.717) is 53.1 Å². The summed E-state index contributed by atoms with van der Waals surface area (Å²) in [7, 11) is 1.93. The van der Waals surface area contributed by atoms with Gasteiger partial charge in [0.1, 0.15) is 11.6 Å². The lowest BCUT2D eigenvalue weighted by Crippen LogP contribution is -2.31. The predicted molar refractivity (Wildman–Crippen MR) is 146 cm³/mol. The Morgan fingerprint density at radius 1 is 1.03 bits per heavy atom. The van der Waals surface area contributed by atoms with Crippen LogP contribution in [0.5, 0.6) is 0 Å². The highest BCUT2D eigenvalue weighted by Crippen LogP contribution is 2.25. The normalized spacial score (nSPS) is 12.9. The summed E-state index contributed by atoms with van der Waals surface area (Å²) in [5, 5.41) is 2.86. The molecule has 0 radical (unpaired) electrons. The lowest BCUT2D eigenvalue weighted by atomic mass is 10.1. The highest BCUT2D eigenvalue weighted by molar-refractivity contribution is 6.13. The first-order chi connectivity index (χ1) is 18.9. The third-order valence-corrected chi connectivity index (χ3v) is 7.07. The molecule has 0 atom stereocenters. The Morgan fingerprint density at radius 2 is 1.85 bits per heavy atom. The molecular formula is C29H27N7O3. The number of hydrogen-bond acceptors (Lipinski definition) is 6. The molecule has 10 heteroatoms. The molecule has 0 bridgehead atoms. The Bertz CT molecular complexity index is 1770. The van der Waals surface area contributed by atoms with Gasteiger partial charge in [-0.05, 0) is 61.0 Å². The van der Waals surface area contributed by atoms with Crippen LogP contribution < -0.4 is 11.1 Å². The number of imidazole rings is 2. The van der Waals surface area contributed by atoms with Gasteiger partial charge in [-0.15, -0.1) is 0 Å². The predicted octanol–water partition coefficient (Wildman–Crippen LogP) is 2.92. The van der Waals surface area contributed by atoms with Crippen molar-refractivity contribution in [3.8, 4) is 0 Å². The first-order valence-electron chi connectivity index (χ1n) is 12.8. The van der Waals surface area contributed by atoms with Gasteiger partial charge < -0.3 is 20.6 Å². The molecule has 6 rings (SSSR count). The molecule has 196 valence electrons. The summed E-state index contributed by atoms with van der Waals surface area (Å²) in [4.78, 5) is 52.4. The van der Waals surface area contributed by atoms with Gasteiger partial charge in [-0.3, -0.25) is 19.3 Å². The zero-order chi connectivity index (χ0) is 27.1. The lowest BCUT2D eigenvalue weighted by molar-refractivity contribution is 0.0630. The fraction of sp³-hybridized carbons (Fsp3) is 0.207. The van der Waals surface area contributed by atoms with Crippen LogP contribution in [0, 0.1) is 0 Å². The van der Waals surface area contributed by atoms with Gasteiger partial charge in [0.2, 0.25) is 0 Å². The molecule has 3 aromatic carbocycles. The van der Waals surface area contributed by atoms with Crippen molar-refractivity contribution in [3.05, 3.63) is 94.6 Å². The summed E-state index contributed by atoms with van der Waals surface area (Å²) in [6, 6.07) is 17.9. The van der Waals surface area contributed by atoms with Crippen LogP contribution >= 0.6 is 0 Å². The summed E-state index contributed by atoms with van der Waals surface area (Å²) in [6.07, 6.45) is 1.15. The zero-order valence-corrected chi connectivity index (χ0v) is 21.4. The van der Waals surface area contributed by atoms with Gasteiger partial charge in [-0.25, -0.2) is 9.97 Å². The first-order valence-corrected chi connectivity index (χ1v) is 12.8. The van der Waals surface area contributed by atoms with E-state index in [4.69, 9.17) is 10.7 Å². The van der Waals surface area contributed by atoms with Crippen LogP contribution in [0.3, 0.4) is 0 Å². The van der Waals surface area contributed by atoms with Crippen LogP contribution in [0.15, 0.2) is 60.7 Å². The number of nitrogens with zero attached hydrogens (tertiary/aromatic N) is 4. The molecule has 1 aliphatic heterocycles. The van der Waals surface area contributed by atoms with Gasteiger partial charge in [0.05, 0.1) is 35.0 Å². The number of carbonyl (C=O) groups is 3. The summed E-state index contributed by atoms with van der Waals surface area (Å²) < 4.78 is 1.98. The van der Waals surface area contributed by atoms with E-state index in [1.54, 1.807) is 42.5 Å². The lowest BCUT2D eigenvalue weighted by Gasteiger charge is -2.13. The Labute approximate surface area is 223 Å². The van der Waals surface area contributed by atoms with Crippen LogP contribution in [0.4, 0.5) is 0 Å². The summed E-state index contributed by atoms with van der Waals surface area (Å²) >= 11 is 0. The second-order valence-corrected chi connectivity index (χ2v) is 9.63. The number of carbonyl (C=O) groups excluding carboxylic acids is 3. The average molecular weight is 522 g/mol. The van der Waals surface area contributed by atoms with Crippen molar-refractivity contribution < 1.29 is 14.4 Å². The maximum absolute atomic E-state index is 13.2. The molecule has 0 fully saturated rings. The standard InChI is InChI=1S/C29H27N7O3/c1-35-24-10-8-17(27(37)31-12-4-11-30)13-23(24)34-26(35)15-25-32-21-9-7-18(14-22(21)33-25)28(38)36-16-19-5-2-3-6-20(19)29(36)39/h2-3,5-10,13-14H,4,11-12,15-16,30H2,1H3,(H,31,37)(H,32,33). The minimum atomic E-state index is -0.340. The van der Waals surface area contributed by atoms with E-state index in [0.717, 1.165) is 28.8 Å². The topological polar surface area (TPSA) is 139 Å². The number of aryl methyl sites for hydroxylation is 1. The van der Waals surface area contributed by atoms with E-state index >= 15 is 0 Å². The maximum Gasteiger partial charge on any atom is 0.261 e. The van der Waals surface area contributed by atoms with E-state index in [1.165, 1.54) is 4.90 Å². The quantitative estimate of drug-likeness (QED) is 0.222. The number of aromatic amines is 1. The second-order valence-electron chi connectivity index (χ2n) is 9.63. The number of fused-ring (bicyclic) bond motifs is 3. The van der Waals surface area contributed by atoms with E-state index in [9.17, 15) is 14.4 Å². The van der Waals surface area contributed by atoms with E-state index in [1.807, 2.05) is 29.8 Å². The SMILES string of the molecule is Cn1c(Cc2nc3ccc(C(=O)N4Cc5ccccc5C4=O)cc3[nH]2)nc2cc(C(=O)NCCCN)ccc21. The third-order valence-electron chi connectivity index (χ3n) is 7.07. The van der Waals surface area contributed by atoms with Crippen molar-refractivity contribution in [1.29, 1.82) is 0 Å². The number of rotatable bonds is 7. The van der Waals surface area contributed by atoms with Crippen LogP contribution in [0.1, 0.15) is 54.7 Å². The van der Waals surface area contributed by atoms with Gasteiger partial charge in [-0.1, -0.05) is 18.2 Å². The molecule has 0 aliphatic carbocycles. The molecule has 0 saturated heterocycles. The van der Waals surface area contributed by atoms with Crippen LogP contribution in [0.25, 0.3) is 22.1 Å². The molecule has 2 aromatic heterocycles. The molecule has 1 aliphatic rings. The Hall–Kier alpha value is -4.83. The van der Waals surface area contributed by atoms with Crippen LogP contribution in [-0.4, -0.2) is 55.2 Å². The molecule has 3 amide bonds. The number of hydrogen-bond donors (Lipinski definition) is 3. The van der Waals surface area contributed by atoms with Crippen molar-refractivity contribution in [2.45, 2.75) is 19.4 Å². The third kappa shape index (κ3) is 4.44. The number of H-pyrrole nitrogens is 1. The molecule has 0 saturated carbocycles. The van der Waals surface area contributed by atoms with Gasteiger partial charge in [0, 0.05) is 30.3 Å². The monoisotopic (exact) mass is 521 g/mol. The smallest absolute Gasteiger partial charge is 0.261 e. The Morgan fingerprint density at radius 3 is 2.67 bits per heavy atom. The fourth-order valence-electron chi connectivity index (χ4n) is 4.96. The zero-order valence-electron chi connectivity index (χ0n) is 21.4. The average Bonchev–Trinajstić information content (AvgIpc) is 3.61. The highest BCUT2D eigenvalue weighted by Gasteiger charge is 2.32. The molecular weight excluding hydrogens is 494 g/mol. The minimum absolute atomic E-state index is 0.153. The highest BCUT2D eigenvalue weighted by atomic mass is 16.2. The first kappa shape index (κ1) is 24.5. The van der Waals surface area contributed by atoms with Crippen LogP contribution in [0.2, 0.25) is 0 Å². The number of nitrogens with two attached hydrogens (primary N) is 1. The van der Waals surface area contributed by atoms with Crippen molar-refractivity contribution in [1.82, 2.24) is 29.7 Å². The van der Waals surface area contributed by atoms with Crippen molar-refractivity contribution in [3.63, 3.8) is 0 Å². The van der Waals surface area contributed by atoms with E-state index in [-0.39, 0.29) is 24.3 Å². The number of benzene rings is 3. The van der Waals surface area contributed by atoms with Crippen LogP contribution in [-0.2, 0) is 20.0 Å². The molecule has 10 nitrogen and oxygen atoms in total. The number of aromatic nitrogens is 4. The van der Waals surface area contributed by atoms with E-state index < -0.39 is 0 Å². The van der Waals surface area contributed by atoms with Gasteiger partial charge in [-0.2, -0.15) is 0 Å². The molecule has 3 heterocycles. The van der Waals surface area contributed by atoms with E-state index in [2.05, 4.69) is 15.3 Å². The summed E-state index contributed by atoms with van der Waals surface area (Å²) in [5.74, 6) is 0.699. The maximum atomic E-state index is 13.2. The Kier molecular flexibility index (Phi) is 6.16. The number of imide groups is 1. The number of amides is 3. The van der Waals surface area contributed by atoms with Gasteiger partial charge in [0.15, 0.2) is 0 Å². The fourth-order valence-corrected chi connectivity index (χ4v) is 4.96. The largest absolute Gasteiger partial charge is 0.352 e. The Balaban J connectivity index is 1.22. The van der Waals surface area contributed by atoms with Gasteiger partial charge in [0.25, 0.3) is 17.7 Å². The van der Waals surface area contributed by atoms with Gasteiger partial charge >= 0.3 is 0 Å². The molecule has 0 unspecified atom stereocenters. The molecule has 4 N–H and O–H groups in total. The molecule has 39 heavy (non-hydrogen) atoms. The van der Waals surface area contributed by atoms with Crippen molar-refractivity contribution in [2.24, 2.45) is 12.8 Å². The number of nitrogens with one attached hydrogen (secondary N) is 2. The molecule has 5 aromatic rings. The van der Waals surface area contributed by atoms with Crippen molar-refractivity contribution >= 4 is 39.8 Å². The molecule has 0 spiro atoms. The minimum Gasteiger partial charge on any atom is -0.352 e. The summed E-state index contributed by atoms with van der Waals surface area (Å²) in [5.41, 5.74) is 10.9.